The van der Waals surface area contributed by atoms with Gasteiger partial charge in [0.2, 0.25) is 0 Å². The number of carbonyl (C=O) groups excluding carboxylic acids is 2. The van der Waals surface area contributed by atoms with Crippen molar-refractivity contribution in [2.75, 3.05) is 12.4 Å². The number of halogens is 1. The normalized spacial score (nSPS) is 13.7. The molecule has 0 saturated heterocycles. The molecule has 3 aromatic carbocycles. The Morgan fingerprint density at radius 2 is 1.56 bits per heavy atom. The zero-order chi connectivity index (χ0) is 22.8. The first kappa shape index (κ1) is 21.3. The highest BCUT2D eigenvalue weighted by Crippen LogP contribution is 2.33. The first-order valence-electron chi connectivity index (χ1n) is 10.2. The van der Waals surface area contributed by atoms with Gasteiger partial charge in [0, 0.05) is 11.3 Å². The summed E-state index contributed by atoms with van der Waals surface area (Å²) in [6, 6.07) is 18.9. The van der Waals surface area contributed by atoms with Gasteiger partial charge in [0.25, 0.3) is 11.8 Å². The maximum Gasteiger partial charge on any atom is 0.278 e. The number of hydrogen-bond acceptors (Lipinski definition) is 4. The predicted molar refractivity (Wildman–Crippen MR) is 121 cm³/mol. The average Bonchev–Trinajstić information content (AvgIpc) is 2.99. The number of methoxy groups -OCH3 is 1. The molecule has 1 aliphatic heterocycles. The van der Waals surface area contributed by atoms with Crippen molar-refractivity contribution in [3.63, 3.8) is 0 Å². The quantitative estimate of drug-likeness (QED) is 0.569. The van der Waals surface area contributed by atoms with Gasteiger partial charge in [-0.25, -0.2) is 4.39 Å². The first-order valence-corrected chi connectivity index (χ1v) is 10.2. The van der Waals surface area contributed by atoms with Gasteiger partial charge in [0.05, 0.1) is 19.2 Å². The number of anilines is 1. The predicted octanol–water partition coefficient (Wildman–Crippen LogP) is 4.84. The molecule has 0 bridgehead atoms. The van der Waals surface area contributed by atoms with E-state index in [1.807, 2.05) is 32.0 Å². The molecule has 4 rings (SSSR count). The van der Waals surface area contributed by atoms with Gasteiger partial charge in [-0.15, -0.1) is 0 Å². The molecule has 1 aliphatic rings. The molecule has 6 heteroatoms. The number of rotatable bonds is 6. The number of imide groups is 1. The summed E-state index contributed by atoms with van der Waals surface area (Å²) in [6.45, 7) is 3.77. The van der Waals surface area contributed by atoms with E-state index in [2.05, 4.69) is 5.32 Å². The van der Waals surface area contributed by atoms with Crippen LogP contribution in [0.2, 0.25) is 0 Å². The van der Waals surface area contributed by atoms with Crippen LogP contribution in [0.1, 0.15) is 22.3 Å². The smallest absolute Gasteiger partial charge is 0.278 e. The van der Waals surface area contributed by atoms with Crippen molar-refractivity contribution in [3.05, 3.63) is 100 Å². The largest absolute Gasteiger partial charge is 0.497 e. The van der Waals surface area contributed by atoms with E-state index in [0.29, 0.717) is 17.0 Å². The molecule has 1 N–H and O–H groups in total. The van der Waals surface area contributed by atoms with Gasteiger partial charge in [-0.3, -0.25) is 14.5 Å². The summed E-state index contributed by atoms with van der Waals surface area (Å²) in [5.74, 6) is -0.800. The second-order valence-corrected chi connectivity index (χ2v) is 7.77. The third kappa shape index (κ3) is 4.12. The van der Waals surface area contributed by atoms with Gasteiger partial charge >= 0.3 is 0 Å². The Kier molecular flexibility index (Phi) is 5.77. The molecule has 0 unspecified atom stereocenters. The topological polar surface area (TPSA) is 58.6 Å². The molecule has 1 heterocycles. The van der Waals surface area contributed by atoms with Crippen LogP contribution < -0.4 is 10.1 Å². The molecule has 0 radical (unpaired) electrons. The van der Waals surface area contributed by atoms with Crippen LogP contribution in [0, 0.1) is 19.7 Å². The number of hydrogen-bond donors (Lipinski definition) is 1. The zero-order valence-corrected chi connectivity index (χ0v) is 18.1. The molecule has 5 nitrogen and oxygen atoms in total. The van der Waals surface area contributed by atoms with Crippen molar-refractivity contribution in [2.24, 2.45) is 0 Å². The van der Waals surface area contributed by atoms with Crippen LogP contribution in [0.5, 0.6) is 5.75 Å². The highest BCUT2D eigenvalue weighted by atomic mass is 19.1. The molecule has 0 spiro atoms. The Morgan fingerprint density at radius 3 is 2.19 bits per heavy atom. The summed E-state index contributed by atoms with van der Waals surface area (Å²) in [6.07, 6.45) is 0. The van der Waals surface area contributed by atoms with E-state index in [4.69, 9.17) is 4.74 Å². The van der Waals surface area contributed by atoms with Gasteiger partial charge in [0.1, 0.15) is 17.3 Å². The molecular weight excluding hydrogens is 407 g/mol. The van der Waals surface area contributed by atoms with E-state index in [0.717, 1.165) is 16.0 Å². The van der Waals surface area contributed by atoms with Crippen LogP contribution >= 0.6 is 0 Å². The Labute approximate surface area is 186 Å². The molecular formula is C26H23FN2O3. The number of ether oxygens (including phenoxy) is 1. The fourth-order valence-electron chi connectivity index (χ4n) is 3.85. The lowest BCUT2D eigenvalue weighted by molar-refractivity contribution is -0.137. The van der Waals surface area contributed by atoms with E-state index in [1.54, 1.807) is 49.6 Å². The fourth-order valence-corrected chi connectivity index (χ4v) is 3.85. The number of nitrogens with zero attached hydrogens (tertiary/aromatic N) is 1. The molecule has 3 aromatic rings. The molecule has 0 aromatic heterocycles. The van der Waals surface area contributed by atoms with Gasteiger partial charge in [-0.05, 0) is 60.9 Å². The minimum Gasteiger partial charge on any atom is -0.497 e. The second-order valence-electron chi connectivity index (χ2n) is 7.77. The van der Waals surface area contributed by atoms with Gasteiger partial charge < -0.3 is 10.1 Å². The first-order chi connectivity index (χ1) is 15.4. The number of carbonyl (C=O) groups is 2. The molecule has 162 valence electrons. The van der Waals surface area contributed by atoms with Crippen molar-refractivity contribution in [1.82, 2.24) is 4.90 Å². The van der Waals surface area contributed by atoms with Gasteiger partial charge in [-0.2, -0.15) is 0 Å². The van der Waals surface area contributed by atoms with Crippen LogP contribution in [0.15, 0.2) is 72.4 Å². The van der Waals surface area contributed by atoms with E-state index in [-0.39, 0.29) is 23.4 Å². The molecule has 0 saturated carbocycles. The SMILES string of the molecule is COc1ccc(C2=C(Nc3cc(C)cc(C)c3)C(=O)N(Cc3ccccc3F)C2=O)cc1. The molecule has 32 heavy (non-hydrogen) atoms. The summed E-state index contributed by atoms with van der Waals surface area (Å²) in [5.41, 5.74) is 4.02. The van der Waals surface area contributed by atoms with Crippen molar-refractivity contribution in [1.29, 1.82) is 0 Å². The van der Waals surface area contributed by atoms with Crippen LogP contribution in [-0.4, -0.2) is 23.8 Å². The van der Waals surface area contributed by atoms with Crippen molar-refractivity contribution >= 4 is 23.1 Å². The number of nitrogens with one attached hydrogen (secondary N) is 1. The summed E-state index contributed by atoms with van der Waals surface area (Å²) in [4.78, 5) is 27.8. The monoisotopic (exact) mass is 430 g/mol. The summed E-state index contributed by atoms with van der Waals surface area (Å²) >= 11 is 0. The second kappa shape index (κ2) is 8.67. The van der Waals surface area contributed by atoms with E-state index >= 15 is 0 Å². The number of benzene rings is 3. The summed E-state index contributed by atoms with van der Waals surface area (Å²) < 4.78 is 19.4. The molecule has 0 atom stereocenters. The third-order valence-electron chi connectivity index (χ3n) is 5.32. The number of amides is 2. The third-order valence-corrected chi connectivity index (χ3v) is 5.32. The minimum atomic E-state index is -0.497. The van der Waals surface area contributed by atoms with Crippen LogP contribution in [-0.2, 0) is 16.1 Å². The Morgan fingerprint density at radius 1 is 0.906 bits per heavy atom. The lowest BCUT2D eigenvalue weighted by Crippen LogP contribution is -2.32. The lowest BCUT2D eigenvalue weighted by Gasteiger charge is -2.16. The van der Waals surface area contributed by atoms with Crippen LogP contribution in [0.4, 0.5) is 10.1 Å². The number of aryl methyl sites for hydroxylation is 2. The maximum absolute atomic E-state index is 14.2. The standard InChI is InChI=1S/C26H23FN2O3/c1-16-12-17(2)14-20(13-16)28-24-23(18-8-10-21(32-3)11-9-18)25(30)29(26(24)31)15-19-6-4-5-7-22(19)27/h4-14,28H,15H2,1-3H3. The molecule has 0 fully saturated rings. The average molecular weight is 430 g/mol. The van der Waals surface area contributed by atoms with Crippen LogP contribution in [0.3, 0.4) is 0 Å². The van der Waals surface area contributed by atoms with Gasteiger partial charge in [0.15, 0.2) is 0 Å². The summed E-state index contributed by atoms with van der Waals surface area (Å²) in [7, 11) is 1.56. The maximum atomic E-state index is 14.2. The lowest BCUT2D eigenvalue weighted by atomic mass is 10.0. The Hall–Kier alpha value is -3.93. The fraction of sp³-hybridized carbons (Fsp3) is 0.154. The van der Waals surface area contributed by atoms with Crippen LogP contribution in [0.25, 0.3) is 5.57 Å². The Bertz CT molecular complexity index is 1210. The van der Waals surface area contributed by atoms with Crippen molar-refractivity contribution < 1.29 is 18.7 Å². The van der Waals surface area contributed by atoms with E-state index < -0.39 is 17.6 Å². The Balaban J connectivity index is 1.77. The van der Waals surface area contributed by atoms with E-state index in [9.17, 15) is 14.0 Å². The minimum absolute atomic E-state index is 0.151. The molecule has 2 amide bonds. The highest BCUT2D eigenvalue weighted by Gasteiger charge is 2.39. The molecule has 0 aliphatic carbocycles. The van der Waals surface area contributed by atoms with Gasteiger partial charge in [-0.1, -0.05) is 36.4 Å². The zero-order valence-electron chi connectivity index (χ0n) is 18.1. The summed E-state index contributed by atoms with van der Waals surface area (Å²) in [5, 5.41) is 3.15. The van der Waals surface area contributed by atoms with E-state index in [1.165, 1.54) is 6.07 Å². The highest BCUT2D eigenvalue weighted by molar-refractivity contribution is 6.36. The van der Waals surface area contributed by atoms with Crippen molar-refractivity contribution in [2.45, 2.75) is 20.4 Å². The van der Waals surface area contributed by atoms with Crippen molar-refractivity contribution in [3.8, 4) is 5.75 Å².